The molecular weight excluding hydrogens is 490 g/mol. The molecule has 184 valence electrons. The first-order valence-electron chi connectivity index (χ1n) is 10.9. The van der Waals surface area contributed by atoms with E-state index in [9.17, 15) is 24.5 Å². The van der Waals surface area contributed by atoms with Crippen LogP contribution in [-0.4, -0.2) is 28.4 Å². The Morgan fingerprint density at radius 1 is 1.00 bits per heavy atom. The van der Waals surface area contributed by atoms with Gasteiger partial charge in [-0.1, -0.05) is 23.7 Å². The van der Waals surface area contributed by atoms with E-state index < -0.39 is 22.6 Å². The fraction of sp³-hybridized carbons (Fsp3) is 0.167. The first-order chi connectivity index (χ1) is 17.3. The molecule has 0 atom stereocenters. The summed E-state index contributed by atoms with van der Waals surface area (Å²) in [6.45, 7) is 1.69. The van der Waals surface area contributed by atoms with Crippen molar-refractivity contribution in [2.75, 3.05) is 0 Å². The van der Waals surface area contributed by atoms with Gasteiger partial charge in [0.1, 0.15) is 5.76 Å². The van der Waals surface area contributed by atoms with E-state index in [4.69, 9.17) is 16.0 Å². The fourth-order valence-electron chi connectivity index (χ4n) is 3.80. The van der Waals surface area contributed by atoms with Crippen molar-refractivity contribution in [3.8, 4) is 0 Å². The van der Waals surface area contributed by atoms with Gasteiger partial charge in [0, 0.05) is 35.2 Å². The molecule has 0 fully saturated rings. The Labute approximate surface area is 209 Å². The van der Waals surface area contributed by atoms with Crippen molar-refractivity contribution < 1.29 is 23.7 Å². The molecule has 0 radical (unpaired) electrons. The number of fused-ring (bicyclic) bond motifs is 1. The molecule has 11 nitrogen and oxygen atoms in total. The number of non-ortho nitro benzene ring substituents is 1. The van der Waals surface area contributed by atoms with Crippen molar-refractivity contribution >= 4 is 40.7 Å². The van der Waals surface area contributed by atoms with Crippen LogP contribution in [-0.2, 0) is 6.42 Å². The Bertz CT molecular complexity index is 1400. The standard InChI is InChI=1S/C24H20ClN5O6/c1-13-20-18(26-27-22(31)14-9-11-15(12-10-14)30(34)35)7-4-8-19(20)36-21(13)24(33)29-28-23(32)16-5-2-3-6-17(16)25/h2-3,5-6,9-12H,4,7-8H2,1H3,(H,27,31)(H,28,32)(H,29,33)/b26-18+. The van der Waals surface area contributed by atoms with Gasteiger partial charge in [-0.2, -0.15) is 5.10 Å². The average molecular weight is 510 g/mol. The predicted octanol–water partition coefficient (Wildman–Crippen LogP) is 3.69. The molecule has 4 rings (SSSR count). The molecule has 3 N–H and O–H groups in total. The molecule has 1 heterocycles. The number of aryl methyl sites for hydroxylation is 1. The smallest absolute Gasteiger partial charge is 0.305 e. The van der Waals surface area contributed by atoms with E-state index in [-0.39, 0.29) is 27.6 Å². The number of nitro groups is 1. The van der Waals surface area contributed by atoms with Gasteiger partial charge in [-0.05, 0) is 44.0 Å². The highest BCUT2D eigenvalue weighted by Gasteiger charge is 2.28. The van der Waals surface area contributed by atoms with Crippen LogP contribution >= 0.6 is 11.6 Å². The highest BCUT2D eigenvalue weighted by molar-refractivity contribution is 6.33. The van der Waals surface area contributed by atoms with Gasteiger partial charge in [-0.15, -0.1) is 0 Å². The van der Waals surface area contributed by atoms with Gasteiger partial charge >= 0.3 is 5.91 Å². The average Bonchev–Trinajstić information content (AvgIpc) is 3.23. The number of furan rings is 1. The van der Waals surface area contributed by atoms with Crippen molar-refractivity contribution in [1.29, 1.82) is 0 Å². The molecule has 3 amide bonds. The number of amides is 3. The summed E-state index contributed by atoms with van der Waals surface area (Å²) in [6, 6.07) is 11.5. The SMILES string of the molecule is Cc1c(C(=O)NNC(=O)c2ccccc2Cl)oc2c1/C(=N/NC(=O)c1ccc([N+](=O)[O-])cc1)CCC2. The summed E-state index contributed by atoms with van der Waals surface area (Å²) < 4.78 is 5.77. The summed E-state index contributed by atoms with van der Waals surface area (Å²) >= 11 is 6.01. The number of nitrogens with zero attached hydrogens (tertiary/aromatic N) is 2. The van der Waals surface area contributed by atoms with Gasteiger partial charge in [0.25, 0.3) is 17.5 Å². The minimum absolute atomic E-state index is 0.00996. The molecule has 0 unspecified atom stereocenters. The minimum atomic E-state index is -0.656. The zero-order valence-corrected chi connectivity index (χ0v) is 19.7. The lowest BCUT2D eigenvalue weighted by atomic mass is 9.93. The minimum Gasteiger partial charge on any atom is -0.455 e. The summed E-state index contributed by atoms with van der Waals surface area (Å²) in [4.78, 5) is 47.7. The van der Waals surface area contributed by atoms with Gasteiger partial charge in [-0.3, -0.25) is 35.3 Å². The van der Waals surface area contributed by atoms with E-state index in [1.54, 1.807) is 25.1 Å². The van der Waals surface area contributed by atoms with Crippen molar-refractivity contribution in [2.45, 2.75) is 26.2 Å². The molecule has 3 aromatic rings. The van der Waals surface area contributed by atoms with E-state index in [0.717, 1.165) is 0 Å². The second-order valence-electron chi connectivity index (χ2n) is 7.90. The lowest BCUT2D eigenvalue weighted by molar-refractivity contribution is -0.384. The van der Waals surface area contributed by atoms with Crippen LogP contribution in [0.4, 0.5) is 5.69 Å². The third-order valence-corrected chi connectivity index (χ3v) is 5.90. The van der Waals surface area contributed by atoms with Crippen molar-refractivity contribution in [3.63, 3.8) is 0 Å². The summed E-state index contributed by atoms with van der Waals surface area (Å²) in [5.74, 6) is -1.22. The molecule has 1 aliphatic carbocycles. The van der Waals surface area contributed by atoms with Gasteiger partial charge in [-0.25, -0.2) is 5.43 Å². The number of benzene rings is 2. The Morgan fingerprint density at radius 3 is 2.39 bits per heavy atom. The highest BCUT2D eigenvalue weighted by Crippen LogP contribution is 2.30. The summed E-state index contributed by atoms with van der Waals surface area (Å²) in [5, 5.41) is 15.2. The number of hydrogen-bond acceptors (Lipinski definition) is 7. The topological polar surface area (TPSA) is 156 Å². The largest absolute Gasteiger partial charge is 0.455 e. The number of nitrogens with one attached hydrogen (secondary N) is 3. The van der Waals surface area contributed by atoms with Crippen LogP contribution < -0.4 is 16.3 Å². The molecule has 1 aromatic heterocycles. The number of hydrazine groups is 1. The fourth-order valence-corrected chi connectivity index (χ4v) is 4.02. The maximum atomic E-state index is 12.7. The second kappa shape index (κ2) is 10.4. The van der Waals surface area contributed by atoms with Crippen LogP contribution in [0.25, 0.3) is 0 Å². The normalized spacial score (nSPS) is 13.6. The first kappa shape index (κ1) is 24.6. The van der Waals surface area contributed by atoms with Crippen molar-refractivity contribution in [1.82, 2.24) is 16.3 Å². The first-order valence-corrected chi connectivity index (χ1v) is 11.2. The van der Waals surface area contributed by atoms with E-state index in [0.29, 0.717) is 41.9 Å². The number of hydrazone groups is 1. The quantitative estimate of drug-likeness (QED) is 0.351. The molecule has 0 spiro atoms. The van der Waals surface area contributed by atoms with Gasteiger partial charge < -0.3 is 4.42 Å². The maximum absolute atomic E-state index is 12.7. The van der Waals surface area contributed by atoms with Gasteiger partial charge in [0.2, 0.25) is 0 Å². The number of halogens is 1. The Hall–Kier alpha value is -4.51. The van der Waals surface area contributed by atoms with Crippen molar-refractivity contribution in [3.05, 3.63) is 97.4 Å². The monoisotopic (exact) mass is 509 g/mol. The van der Waals surface area contributed by atoms with Crippen molar-refractivity contribution in [2.24, 2.45) is 5.10 Å². The van der Waals surface area contributed by atoms with Gasteiger partial charge in [0.05, 0.1) is 21.2 Å². The van der Waals surface area contributed by atoms with Crippen LogP contribution in [0.3, 0.4) is 0 Å². The zero-order chi connectivity index (χ0) is 25.8. The van der Waals surface area contributed by atoms with Crippen LogP contribution in [0.2, 0.25) is 5.02 Å². The Balaban J connectivity index is 1.47. The summed E-state index contributed by atoms with van der Waals surface area (Å²) in [7, 11) is 0. The number of rotatable bonds is 5. The lowest BCUT2D eigenvalue weighted by Crippen LogP contribution is -2.41. The molecular formula is C24H20ClN5O6. The number of carbonyl (C=O) groups is 3. The number of hydrogen-bond donors (Lipinski definition) is 3. The molecule has 0 saturated heterocycles. The lowest BCUT2D eigenvalue weighted by Gasteiger charge is -2.13. The third-order valence-electron chi connectivity index (χ3n) is 5.57. The third kappa shape index (κ3) is 5.10. The van der Waals surface area contributed by atoms with E-state index in [1.807, 2.05) is 0 Å². The molecule has 36 heavy (non-hydrogen) atoms. The predicted molar refractivity (Wildman–Crippen MR) is 130 cm³/mol. The van der Waals surface area contributed by atoms with Crippen LogP contribution in [0.15, 0.2) is 58.0 Å². The Kier molecular flexibility index (Phi) is 7.11. The van der Waals surface area contributed by atoms with Crippen LogP contribution in [0, 0.1) is 17.0 Å². The van der Waals surface area contributed by atoms with Gasteiger partial charge in [0.15, 0.2) is 5.76 Å². The van der Waals surface area contributed by atoms with E-state index >= 15 is 0 Å². The van der Waals surface area contributed by atoms with E-state index in [1.165, 1.54) is 30.3 Å². The molecule has 1 aliphatic rings. The maximum Gasteiger partial charge on any atom is 0.305 e. The van der Waals surface area contributed by atoms with E-state index in [2.05, 4.69) is 21.4 Å². The molecule has 0 saturated carbocycles. The molecule has 0 bridgehead atoms. The second-order valence-corrected chi connectivity index (χ2v) is 8.31. The molecule has 0 aliphatic heterocycles. The Morgan fingerprint density at radius 2 is 1.69 bits per heavy atom. The molecule has 12 heteroatoms. The molecule has 2 aromatic carbocycles. The van der Waals surface area contributed by atoms with Crippen LogP contribution in [0.1, 0.15) is 61.0 Å². The highest BCUT2D eigenvalue weighted by atomic mass is 35.5. The zero-order valence-electron chi connectivity index (χ0n) is 19.0. The number of nitro benzene ring substituents is 1. The summed E-state index contributed by atoms with van der Waals surface area (Å²) in [5.41, 5.74) is 9.04. The summed E-state index contributed by atoms with van der Waals surface area (Å²) in [6.07, 6.45) is 1.81. The van der Waals surface area contributed by atoms with Crippen LogP contribution in [0.5, 0.6) is 0 Å². The number of carbonyl (C=O) groups excluding carboxylic acids is 3.